The van der Waals surface area contributed by atoms with Gasteiger partial charge in [0.1, 0.15) is 5.69 Å². The van der Waals surface area contributed by atoms with Gasteiger partial charge in [-0.3, -0.25) is 10.1 Å². The van der Waals surface area contributed by atoms with Gasteiger partial charge in [0.05, 0.1) is 24.0 Å². The number of benzene rings is 3. The Morgan fingerprint density at radius 2 is 1.61 bits per heavy atom. The van der Waals surface area contributed by atoms with Gasteiger partial charge in [-0.05, 0) is 29.8 Å². The monoisotopic (exact) mass is 512 g/mol. The molecule has 0 amide bonds. The van der Waals surface area contributed by atoms with E-state index in [9.17, 15) is 18.5 Å². The van der Waals surface area contributed by atoms with Gasteiger partial charge in [0, 0.05) is 50.5 Å². The second-order valence-corrected chi connectivity index (χ2v) is 10.1. The molecule has 36 heavy (non-hydrogen) atoms. The number of nitro groups is 1. The van der Waals surface area contributed by atoms with E-state index in [0.29, 0.717) is 36.8 Å². The molecule has 4 rings (SSSR count). The topological polar surface area (TPSA) is 114 Å². The molecule has 1 fully saturated rings. The van der Waals surface area contributed by atoms with Crippen molar-refractivity contribution in [1.82, 2.24) is 4.31 Å². The van der Waals surface area contributed by atoms with E-state index in [4.69, 9.17) is 9.47 Å². The molecule has 190 valence electrons. The Morgan fingerprint density at radius 3 is 2.25 bits per heavy atom. The van der Waals surface area contributed by atoms with Gasteiger partial charge in [-0.1, -0.05) is 30.3 Å². The molecule has 10 nitrogen and oxygen atoms in total. The third-order valence-electron chi connectivity index (χ3n) is 6.10. The van der Waals surface area contributed by atoms with Gasteiger partial charge in [-0.15, -0.1) is 0 Å². The average molecular weight is 513 g/mol. The summed E-state index contributed by atoms with van der Waals surface area (Å²) in [6, 6.07) is 19.1. The minimum atomic E-state index is -3.72. The highest BCUT2D eigenvalue weighted by Crippen LogP contribution is 2.33. The summed E-state index contributed by atoms with van der Waals surface area (Å²) in [5, 5.41) is 14.7. The number of hydrogen-bond acceptors (Lipinski definition) is 8. The van der Waals surface area contributed by atoms with Crippen molar-refractivity contribution in [3.63, 3.8) is 0 Å². The maximum Gasteiger partial charge on any atom is 0.292 e. The third-order valence-corrected chi connectivity index (χ3v) is 7.99. The zero-order valence-electron chi connectivity index (χ0n) is 20.1. The molecule has 3 aromatic carbocycles. The highest BCUT2D eigenvalue weighted by atomic mass is 32.2. The molecular formula is C25H28N4O6S. The summed E-state index contributed by atoms with van der Waals surface area (Å²) < 4.78 is 38.3. The predicted octanol–water partition coefficient (Wildman–Crippen LogP) is 3.74. The van der Waals surface area contributed by atoms with Crippen molar-refractivity contribution in [1.29, 1.82) is 0 Å². The van der Waals surface area contributed by atoms with Gasteiger partial charge in [-0.2, -0.15) is 4.31 Å². The molecule has 0 aromatic heterocycles. The highest BCUT2D eigenvalue weighted by molar-refractivity contribution is 7.89. The number of methoxy groups -OCH3 is 2. The van der Waals surface area contributed by atoms with Gasteiger partial charge in [0.15, 0.2) is 11.5 Å². The van der Waals surface area contributed by atoms with Gasteiger partial charge in [0.25, 0.3) is 5.69 Å². The van der Waals surface area contributed by atoms with E-state index < -0.39 is 14.9 Å². The molecule has 3 aromatic rings. The highest BCUT2D eigenvalue weighted by Gasteiger charge is 2.30. The van der Waals surface area contributed by atoms with Crippen molar-refractivity contribution in [3.8, 4) is 11.5 Å². The van der Waals surface area contributed by atoms with E-state index in [2.05, 4.69) is 5.32 Å². The summed E-state index contributed by atoms with van der Waals surface area (Å²) in [4.78, 5) is 13.3. The van der Waals surface area contributed by atoms with Crippen LogP contribution in [0.25, 0.3) is 0 Å². The van der Waals surface area contributed by atoms with E-state index in [1.54, 1.807) is 18.2 Å². The Balaban J connectivity index is 1.48. The van der Waals surface area contributed by atoms with Crippen molar-refractivity contribution in [2.75, 3.05) is 50.6 Å². The minimum absolute atomic E-state index is 0.00986. The number of hydrogen-bond donors (Lipinski definition) is 1. The number of nitro benzene ring substituents is 1. The molecule has 0 radical (unpaired) electrons. The van der Waals surface area contributed by atoms with Gasteiger partial charge in [-0.25, -0.2) is 8.42 Å². The Hall–Kier alpha value is -3.83. The molecule has 1 heterocycles. The summed E-state index contributed by atoms with van der Waals surface area (Å²) in [5.41, 5.74) is 2.21. The lowest BCUT2D eigenvalue weighted by Gasteiger charge is -2.35. The first kappa shape index (κ1) is 25.3. The number of sulfonamides is 1. The fourth-order valence-corrected chi connectivity index (χ4v) is 5.57. The lowest BCUT2D eigenvalue weighted by molar-refractivity contribution is -0.384. The Labute approximate surface area is 210 Å². The molecule has 11 heteroatoms. The second-order valence-electron chi connectivity index (χ2n) is 8.21. The molecule has 1 aliphatic heterocycles. The lowest BCUT2D eigenvalue weighted by atomic mass is 10.2. The summed E-state index contributed by atoms with van der Waals surface area (Å²) in [7, 11) is -0.771. The van der Waals surface area contributed by atoms with Crippen LogP contribution in [-0.4, -0.2) is 58.0 Å². The van der Waals surface area contributed by atoms with E-state index in [1.807, 2.05) is 35.2 Å². The van der Waals surface area contributed by atoms with Gasteiger partial charge in [0.2, 0.25) is 10.0 Å². The standard InChI is InChI=1S/C25H28N4O6S/c1-34-24-11-9-21(17-25(24)35-2)36(32,33)28-14-12-27(13-15-28)20-8-10-23(29(30)31)22(16-20)26-18-19-6-4-3-5-7-19/h3-11,16-17,26H,12-15,18H2,1-2H3. The fraction of sp³-hybridized carbons (Fsp3) is 0.280. The number of anilines is 2. The first-order chi connectivity index (χ1) is 17.3. The van der Waals surface area contributed by atoms with Crippen LogP contribution in [0.1, 0.15) is 5.56 Å². The molecular weight excluding hydrogens is 484 g/mol. The van der Waals surface area contributed by atoms with Gasteiger partial charge < -0.3 is 19.7 Å². The third kappa shape index (κ3) is 5.37. The van der Waals surface area contributed by atoms with Crippen LogP contribution in [-0.2, 0) is 16.6 Å². The predicted molar refractivity (Wildman–Crippen MR) is 137 cm³/mol. The molecule has 0 atom stereocenters. The first-order valence-electron chi connectivity index (χ1n) is 11.4. The van der Waals surface area contributed by atoms with Crippen LogP contribution in [0.5, 0.6) is 11.5 Å². The molecule has 0 bridgehead atoms. The number of nitrogens with one attached hydrogen (secondary N) is 1. The normalized spacial score (nSPS) is 14.3. The number of rotatable bonds is 9. The van der Waals surface area contributed by atoms with Gasteiger partial charge >= 0.3 is 0 Å². The van der Waals surface area contributed by atoms with Crippen LogP contribution in [0.4, 0.5) is 17.1 Å². The van der Waals surface area contributed by atoms with Crippen LogP contribution in [0, 0.1) is 10.1 Å². The second kappa shape index (κ2) is 10.8. The molecule has 0 unspecified atom stereocenters. The van der Waals surface area contributed by atoms with Crippen molar-refractivity contribution in [2.45, 2.75) is 11.4 Å². The SMILES string of the molecule is COc1ccc(S(=O)(=O)N2CCN(c3ccc([N+](=O)[O-])c(NCc4ccccc4)c3)CC2)cc1OC. The summed E-state index contributed by atoms with van der Waals surface area (Å²) in [5.74, 6) is 0.801. The molecule has 1 N–H and O–H groups in total. The molecule has 1 aliphatic rings. The van der Waals surface area contributed by atoms with Crippen LogP contribution >= 0.6 is 0 Å². The Morgan fingerprint density at radius 1 is 0.917 bits per heavy atom. The molecule has 0 spiro atoms. The van der Waals surface area contributed by atoms with E-state index >= 15 is 0 Å². The van der Waals surface area contributed by atoms with E-state index in [1.165, 1.54) is 36.7 Å². The Kier molecular flexibility index (Phi) is 7.61. The number of ether oxygens (including phenoxy) is 2. The minimum Gasteiger partial charge on any atom is -0.493 e. The maximum atomic E-state index is 13.2. The zero-order valence-corrected chi connectivity index (χ0v) is 20.9. The van der Waals surface area contributed by atoms with Crippen LogP contribution in [0.15, 0.2) is 71.6 Å². The molecule has 0 aliphatic carbocycles. The molecule has 1 saturated heterocycles. The summed E-state index contributed by atoms with van der Waals surface area (Å²) in [6.45, 7) is 1.90. The first-order valence-corrected chi connectivity index (χ1v) is 12.8. The average Bonchev–Trinajstić information content (AvgIpc) is 2.91. The van der Waals surface area contributed by atoms with Crippen molar-refractivity contribution in [3.05, 3.63) is 82.4 Å². The van der Waals surface area contributed by atoms with Crippen LogP contribution in [0.2, 0.25) is 0 Å². The quantitative estimate of drug-likeness (QED) is 0.341. The number of piperazine rings is 1. The number of nitrogens with zero attached hydrogens (tertiary/aromatic N) is 3. The largest absolute Gasteiger partial charge is 0.493 e. The summed E-state index contributed by atoms with van der Waals surface area (Å²) in [6.07, 6.45) is 0. The smallest absolute Gasteiger partial charge is 0.292 e. The van der Waals surface area contributed by atoms with E-state index in [-0.39, 0.29) is 23.7 Å². The van der Waals surface area contributed by atoms with Crippen molar-refractivity contribution < 1.29 is 22.8 Å². The lowest BCUT2D eigenvalue weighted by Crippen LogP contribution is -2.48. The van der Waals surface area contributed by atoms with Crippen molar-refractivity contribution >= 4 is 27.1 Å². The fourth-order valence-electron chi connectivity index (χ4n) is 4.13. The zero-order chi connectivity index (χ0) is 25.7. The van der Waals surface area contributed by atoms with Crippen molar-refractivity contribution in [2.24, 2.45) is 0 Å². The van der Waals surface area contributed by atoms with E-state index in [0.717, 1.165) is 11.3 Å². The van der Waals surface area contributed by atoms with Crippen LogP contribution in [0.3, 0.4) is 0 Å². The maximum absolute atomic E-state index is 13.2. The molecule has 0 saturated carbocycles. The Bertz CT molecular complexity index is 1330. The summed E-state index contributed by atoms with van der Waals surface area (Å²) >= 11 is 0. The van der Waals surface area contributed by atoms with Crippen LogP contribution < -0.4 is 19.7 Å².